The number of ether oxygens (including phenoxy) is 1. The van der Waals surface area contributed by atoms with Crippen molar-refractivity contribution >= 4 is 32.5 Å². The number of pyridine rings is 1. The van der Waals surface area contributed by atoms with Crippen LogP contribution >= 0.6 is 15.9 Å². The molecule has 0 aliphatic heterocycles. The molecule has 1 heterocycles. The Morgan fingerprint density at radius 2 is 2.11 bits per heavy atom. The summed E-state index contributed by atoms with van der Waals surface area (Å²) in [6.07, 6.45) is 0.945. The second kappa shape index (κ2) is 5.14. The number of halogens is 1. The van der Waals surface area contributed by atoms with Crippen LogP contribution < -0.4 is 10.1 Å². The van der Waals surface area contributed by atoms with Crippen LogP contribution in [0, 0.1) is 6.92 Å². The lowest BCUT2D eigenvalue weighted by Crippen LogP contribution is -2.03. The van der Waals surface area contributed by atoms with Gasteiger partial charge in [-0.15, -0.1) is 0 Å². The number of aromatic nitrogens is 1. The molecular weight excluding hydrogens is 292 g/mol. The van der Waals surface area contributed by atoms with Gasteiger partial charge in [-0.3, -0.25) is 4.98 Å². The van der Waals surface area contributed by atoms with E-state index >= 15 is 0 Å². The molecule has 0 spiro atoms. The third-order valence-electron chi connectivity index (χ3n) is 3.18. The normalized spacial score (nSPS) is 10.7. The quantitative estimate of drug-likeness (QED) is 0.933. The number of rotatable bonds is 3. The molecule has 2 rings (SSSR count). The van der Waals surface area contributed by atoms with Gasteiger partial charge in [-0.05, 0) is 47.0 Å². The van der Waals surface area contributed by atoms with Crippen LogP contribution in [0.5, 0.6) is 5.75 Å². The highest BCUT2D eigenvalue weighted by Gasteiger charge is 2.15. The standard InChI is InChI=1S/C14H17BrN2O/c1-5-9-8(2)17-14-10(15)6-7-11(18-4)12(14)13(9)16-3/h6-7H,5H2,1-4H3,(H,16,17). The number of hydrogen-bond donors (Lipinski definition) is 1. The number of fused-ring (bicyclic) bond motifs is 1. The maximum Gasteiger partial charge on any atom is 0.130 e. The Labute approximate surface area is 116 Å². The van der Waals surface area contributed by atoms with Gasteiger partial charge in [-0.25, -0.2) is 0 Å². The molecule has 0 aliphatic carbocycles. The third-order valence-corrected chi connectivity index (χ3v) is 3.82. The molecule has 0 amide bonds. The number of benzene rings is 1. The van der Waals surface area contributed by atoms with Gasteiger partial charge in [0.15, 0.2) is 0 Å². The Morgan fingerprint density at radius 1 is 1.39 bits per heavy atom. The van der Waals surface area contributed by atoms with Crippen LogP contribution in [0.2, 0.25) is 0 Å². The number of nitrogens with zero attached hydrogens (tertiary/aromatic N) is 1. The number of anilines is 1. The molecule has 3 nitrogen and oxygen atoms in total. The summed E-state index contributed by atoms with van der Waals surface area (Å²) in [5.41, 5.74) is 4.34. The van der Waals surface area contributed by atoms with Crippen LogP contribution in [0.3, 0.4) is 0 Å². The molecule has 96 valence electrons. The molecule has 0 atom stereocenters. The monoisotopic (exact) mass is 308 g/mol. The van der Waals surface area contributed by atoms with Crippen molar-refractivity contribution in [2.75, 3.05) is 19.5 Å². The highest BCUT2D eigenvalue weighted by Crippen LogP contribution is 2.38. The molecule has 1 aromatic heterocycles. The molecule has 0 unspecified atom stereocenters. The highest BCUT2D eigenvalue weighted by molar-refractivity contribution is 9.10. The van der Waals surface area contributed by atoms with Crippen LogP contribution in [0.25, 0.3) is 10.9 Å². The average Bonchev–Trinajstić information content (AvgIpc) is 2.38. The molecule has 0 saturated carbocycles. The fourth-order valence-electron chi connectivity index (χ4n) is 2.34. The van der Waals surface area contributed by atoms with Crippen molar-refractivity contribution in [2.24, 2.45) is 0 Å². The first-order valence-corrected chi connectivity index (χ1v) is 6.76. The summed E-state index contributed by atoms with van der Waals surface area (Å²) in [5, 5.41) is 4.33. The van der Waals surface area contributed by atoms with Gasteiger partial charge in [0, 0.05) is 17.2 Å². The molecular formula is C14H17BrN2O. The van der Waals surface area contributed by atoms with Crippen LogP contribution in [-0.2, 0) is 6.42 Å². The molecule has 0 bridgehead atoms. The first-order valence-electron chi connectivity index (χ1n) is 5.97. The summed E-state index contributed by atoms with van der Waals surface area (Å²) in [6, 6.07) is 3.93. The zero-order chi connectivity index (χ0) is 13.3. The molecule has 0 saturated heterocycles. The van der Waals surface area contributed by atoms with E-state index in [0.29, 0.717) is 0 Å². The van der Waals surface area contributed by atoms with Crippen molar-refractivity contribution in [1.82, 2.24) is 4.98 Å². The smallest absolute Gasteiger partial charge is 0.130 e. The van der Waals surface area contributed by atoms with Crippen LogP contribution in [0.1, 0.15) is 18.2 Å². The molecule has 4 heteroatoms. The number of nitrogens with one attached hydrogen (secondary N) is 1. The summed E-state index contributed by atoms with van der Waals surface area (Å²) in [5.74, 6) is 0.847. The number of aryl methyl sites for hydroxylation is 1. The van der Waals surface area contributed by atoms with Crippen molar-refractivity contribution in [3.8, 4) is 5.75 Å². The maximum atomic E-state index is 5.46. The molecule has 0 fully saturated rings. The van der Waals surface area contributed by atoms with E-state index in [9.17, 15) is 0 Å². The van der Waals surface area contributed by atoms with E-state index in [1.54, 1.807) is 7.11 Å². The van der Waals surface area contributed by atoms with Gasteiger partial charge in [-0.2, -0.15) is 0 Å². The number of hydrogen-bond acceptors (Lipinski definition) is 3. The Kier molecular flexibility index (Phi) is 3.76. The Balaban J connectivity index is 2.97. The van der Waals surface area contributed by atoms with Crippen LogP contribution in [-0.4, -0.2) is 19.1 Å². The van der Waals surface area contributed by atoms with Crippen molar-refractivity contribution in [1.29, 1.82) is 0 Å². The van der Waals surface area contributed by atoms with E-state index in [1.165, 1.54) is 5.56 Å². The second-order valence-corrected chi connectivity index (χ2v) is 4.98. The molecule has 1 N–H and O–H groups in total. The maximum absolute atomic E-state index is 5.46. The van der Waals surface area contributed by atoms with E-state index in [0.717, 1.165) is 38.9 Å². The van der Waals surface area contributed by atoms with E-state index < -0.39 is 0 Å². The lowest BCUT2D eigenvalue weighted by molar-refractivity contribution is 0.420. The van der Waals surface area contributed by atoms with E-state index in [2.05, 4.69) is 28.2 Å². The largest absolute Gasteiger partial charge is 0.496 e. The molecule has 0 aliphatic rings. The van der Waals surface area contributed by atoms with Gasteiger partial charge < -0.3 is 10.1 Å². The molecule has 0 radical (unpaired) electrons. The summed E-state index contributed by atoms with van der Waals surface area (Å²) in [6.45, 7) is 4.19. The molecule has 18 heavy (non-hydrogen) atoms. The molecule has 1 aromatic carbocycles. The van der Waals surface area contributed by atoms with Crippen molar-refractivity contribution in [3.63, 3.8) is 0 Å². The lowest BCUT2D eigenvalue weighted by atomic mass is 10.0. The first-order chi connectivity index (χ1) is 8.63. The third kappa shape index (κ3) is 1.94. The fourth-order valence-corrected chi connectivity index (χ4v) is 2.76. The summed E-state index contributed by atoms with van der Waals surface area (Å²) >= 11 is 3.56. The SMILES string of the molecule is CCc1c(C)nc2c(Br)ccc(OC)c2c1NC. The topological polar surface area (TPSA) is 34.1 Å². The van der Waals surface area contributed by atoms with Crippen LogP contribution in [0.4, 0.5) is 5.69 Å². The van der Waals surface area contributed by atoms with E-state index in [1.807, 2.05) is 26.1 Å². The van der Waals surface area contributed by atoms with Crippen LogP contribution in [0.15, 0.2) is 16.6 Å². The summed E-state index contributed by atoms with van der Waals surface area (Å²) in [7, 11) is 3.63. The number of methoxy groups -OCH3 is 1. The fraction of sp³-hybridized carbons (Fsp3) is 0.357. The summed E-state index contributed by atoms with van der Waals surface area (Å²) < 4.78 is 6.45. The van der Waals surface area contributed by atoms with Crippen molar-refractivity contribution in [2.45, 2.75) is 20.3 Å². The Hall–Kier alpha value is -1.29. The van der Waals surface area contributed by atoms with Gasteiger partial charge in [0.2, 0.25) is 0 Å². The minimum Gasteiger partial charge on any atom is -0.496 e. The van der Waals surface area contributed by atoms with Gasteiger partial charge in [0.05, 0.1) is 23.7 Å². The highest BCUT2D eigenvalue weighted by atomic mass is 79.9. The second-order valence-electron chi connectivity index (χ2n) is 4.13. The zero-order valence-corrected chi connectivity index (χ0v) is 12.7. The minimum atomic E-state index is 0.847. The molecule has 2 aromatic rings. The lowest BCUT2D eigenvalue weighted by Gasteiger charge is -2.16. The Bertz CT molecular complexity index is 596. The van der Waals surface area contributed by atoms with E-state index in [4.69, 9.17) is 9.72 Å². The predicted octanol–water partition coefficient (Wildman–Crippen LogP) is 3.92. The van der Waals surface area contributed by atoms with Crippen molar-refractivity contribution < 1.29 is 4.74 Å². The zero-order valence-electron chi connectivity index (χ0n) is 11.1. The minimum absolute atomic E-state index is 0.847. The Morgan fingerprint density at radius 3 is 2.67 bits per heavy atom. The summed E-state index contributed by atoms with van der Waals surface area (Å²) in [4.78, 5) is 4.70. The average molecular weight is 309 g/mol. The van der Waals surface area contributed by atoms with Gasteiger partial charge >= 0.3 is 0 Å². The van der Waals surface area contributed by atoms with Gasteiger partial charge in [0.1, 0.15) is 5.75 Å². The van der Waals surface area contributed by atoms with E-state index in [-0.39, 0.29) is 0 Å². The first kappa shape index (κ1) is 13.1. The van der Waals surface area contributed by atoms with Gasteiger partial charge in [-0.1, -0.05) is 6.92 Å². The van der Waals surface area contributed by atoms with Gasteiger partial charge in [0.25, 0.3) is 0 Å². The predicted molar refractivity (Wildman–Crippen MR) is 79.7 cm³/mol. The van der Waals surface area contributed by atoms with Crippen molar-refractivity contribution in [3.05, 3.63) is 27.9 Å².